The van der Waals surface area contributed by atoms with Crippen LogP contribution in [0.1, 0.15) is 23.6 Å². The average molecular weight is 551 g/mol. The first-order valence-corrected chi connectivity index (χ1v) is 10.8. The van der Waals surface area contributed by atoms with Crippen LogP contribution in [0.25, 0.3) is 0 Å². The fraction of sp³-hybridized carbons (Fsp3) is 0.417. The van der Waals surface area contributed by atoms with E-state index in [9.17, 15) is 4.79 Å². The molecule has 1 aliphatic rings. The van der Waals surface area contributed by atoms with Crippen LogP contribution in [0.4, 0.5) is 5.69 Å². The third-order valence-electron chi connectivity index (χ3n) is 4.89. The molecule has 0 spiro atoms. The molecule has 0 aliphatic carbocycles. The van der Waals surface area contributed by atoms with Crippen LogP contribution in [-0.2, 0) is 24.2 Å². The molecule has 2 aromatic rings. The molecule has 174 valence electrons. The number of carbonyl (C=O) groups excluding carboxylic acids is 1. The molecule has 1 heterocycles. The molecule has 3 rings (SSSR count). The SMILES string of the molecule is CCNC(=NCc1cccc(NC(=O)CN(C)C)c1)NCCc1ccc2c(c1)CCO2.I. The molecule has 1 amide bonds. The summed E-state index contributed by atoms with van der Waals surface area (Å²) < 4.78 is 5.58. The molecule has 0 atom stereocenters. The minimum atomic E-state index is -0.0289. The molecular weight excluding hydrogens is 517 g/mol. The second-order valence-electron chi connectivity index (χ2n) is 7.90. The Morgan fingerprint density at radius 1 is 1.12 bits per heavy atom. The molecule has 32 heavy (non-hydrogen) atoms. The Kier molecular flexibility index (Phi) is 10.8. The summed E-state index contributed by atoms with van der Waals surface area (Å²) in [6.45, 7) is 5.32. The molecule has 7 nitrogen and oxygen atoms in total. The van der Waals surface area contributed by atoms with Crippen molar-refractivity contribution in [2.45, 2.75) is 26.3 Å². The van der Waals surface area contributed by atoms with Gasteiger partial charge in [0.2, 0.25) is 5.91 Å². The van der Waals surface area contributed by atoms with E-state index < -0.39 is 0 Å². The second kappa shape index (κ2) is 13.3. The predicted molar refractivity (Wildman–Crippen MR) is 141 cm³/mol. The van der Waals surface area contributed by atoms with E-state index in [0.717, 1.165) is 55.5 Å². The summed E-state index contributed by atoms with van der Waals surface area (Å²) in [4.78, 5) is 18.5. The molecular formula is C24H34IN5O2. The number of benzene rings is 2. The normalized spacial score (nSPS) is 12.6. The molecule has 0 aromatic heterocycles. The summed E-state index contributed by atoms with van der Waals surface area (Å²) in [6, 6.07) is 14.3. The van der Waals surface area contributed by atoms with E-state index in [4.69, 9.17) is 9.73 Å². The molecule has 0 saturated carbocycles. The molecule has 0 bridgehead atoms. The van der Waals surface area contributed by atoms with Gasteiger partial charge in [-0.15, -0.1) is 24.0 Å². The van der Waals surface area contributed by atoms with Crippen molar-refractivity contribution < 1.29 is 9.53 Å². The Bertz CT molecular complexity index is 917. The van der Waals surface area contributed by atoms with Gasteiger partial charge in [-0.3, -0.25) is 4.79 Å². The quantitative estimate of drug-likeness (QED) is 0.254. The predicted octanol–water partition coefficient (Wildman–Crippen LogP) is 3.04. The standard InChI is InChI=1S/C24H33N5O2.HI/c1-4-25-24(26-12-10-18-8-9-22-20(14-18)11-13-31-22)27-16-19-6-5-7-21(15-19)28-23(30)17-29(2)3;/h5-9,14-15H,4,10-13,16-17H2,1-3H3,(H,28,30)(H2,25,26,27);1H. The van der Waals surface area contributed by atoms with Crippen LogP contribution in [0, 0.1) is 0 Å². The Hall–Kier alpha value is -2.33. The first kappa shape index (κ1) is 25.9. The first-order chi connectivity index (χ1) is 15.0. The first-order valence-electron chi connectivity index (χ1n) is 10.8. The number of aliphatic imine (C=N–C) groups is 1. The Labute approximate surface area is 208 Å². The third-order valence-corrected chi connectivity index (χ3v) is 4.89. The zero-order chi connectivity index (χ0) is 22.1. The monoisotopic (exact) mass is 551 g/mol. The van der Waals surface area contributed by atoms with Gasteiger partial charge in [-0.05, 0) is 62.3 Å². The maximum absolute atomic E-state index is 12.0. The third kappa shape index (κ3) is 8.31. The van der Waals surface area contributed by atoms with Gasteiger partial charge in [0.1, 0.15) is 5.75 Å². The van der Waals surface area contributed by atoms with Crippen LogP contribution >= 0.6 is 24.0 Å². The molecule has 0 radical (unpaired) electrons. The molecule has 3 N–H and O–H groups in total. The van der Waals surface area contributed by atoms with Gasteiger partial charge in [-0.2, -0.15) is 0 Å². The molecule has 1 aliphatic heterocycles. The smallest absolute Gasteiger partial charge is 0.238 e. The maximum Gasteiger partial charge on any atom is 0.238 e. The Morgan fingerprint density at radius 3 is 2.75 bits per heavy atom. The number of carbonyl (C=O) groups is 1. The van der Waals surface area contributed by atoms with E-state index in [1.807, 2.05) is 43.3 Å². The second-order valence-corrected chi connectivity index (χ2v) is 7.90. The molecule has 0 saturated heterocycles. The number of amides is 1. The van der Waals surface area contributed by atoms with E-state index in [-0.39, 0.29) is 29.9 Å². The van der Waals surface area contributed by atoms with E-state index in [1.165, 1.54) is 11.1 Å². The van der Waals surface area contributed by atoms with Crippen molar-refractivity contribution in [3.05, 3.63) is 59.2 Å². The molecule has 0 fully saturated rings. The summed E-state index contributed by atoms with van der Waals surface area (Å²) >= 11 is 0. The van der Waals surface area contributed by atoms with Crippen LogP contribution in [-0.4, -0.2) is 57.1 Å². The van der Waals surface area contributed by atoms with Crippen molar-refractivity contribution in [3.8, 4) is 5.75 Å². The summed E-state index contributed by atoms with van der Waals surface area (Å²) in [7, 11) is 3.75. The lowest BCUT2D eigenvalue weighted by atomic mass is 10.1. The number of nitrogens with one attached hydrogen (secondary N) is 3. The van der Waals surface area contributed by atoms with Gasteiger partial charge < -0.3 is 25.6 Å². The molecule has 0 unspecified atom stereocenters. The number of fused-ring (bicyclic) bond motifs is 1. The van der Waals surface area contributed by atoms with Gasteiger partial charge >= 0.3 is 0 Å². The van der Waals surface area contributed by atoms with Crippen molar-refractivity contribution in [2.24, 2.45) is 4.99 Å². The van der Waals surface area contributed by atoms with Gasteiger partial charge in [-0.25, -0.2) is 4.99 Å². The van der Waals surface area contributed by atoms with E-state index in [2.05, 4.69) is 41.1 Å². The van der Waals surface area contributed by atoms with Gasteiger partial charge in [0.05, 0.1) is 19.7 Å². The molecule has 8 heteroatoms. The number of hydrogen-bond donors (Lipinski definition) is 3. The van der Waals surface area contributed by atoms with Gasteiger partial charge in [-0.1, -0.05) is 24.3 Å². The van der Waals surface area contributed by atoms with Crippen molar-refractivity contribution in [2.75, 3.05) is 45.7 Å². The molecule has 2 aromatic carbocycles. The number of halogens is 1. The number of hydrogen-bond acceptors (Lipinski definition) is 4. The topological polar surface area (TPSA) is 78.0 Å². The summed E-state index contributed by atoms with van der Waals surface area (Å²) in [5.41, 5.74) is 4.43. The van der Waals surface area contributed by atoms with Gasteiger partial charge in [0.25, 0.3) is 0 Å². The minimum Gasteiger partial charge on any atom is -0.493 e. The Balaban J connectivity index is 0.00000363. The maximum atomic E-state index is 12.0. The van der Waals surface area contributed by atoms with Crippen LogP contribution in [0.2, 0.25) is 0 Å². The van der Waals surface area contributed by atoms with E-state index >= 15 is 0 Å². The highest BCUT2D eigenvalue weighted by molar-refractivity contribution is 14.0. The Morgan fingerprint density at radius 2 is 1.97 bits per heavy atom. The largest absolute Gasteiger partial charge is 0.493 e. The van der Waals surface area contributed by atoms with Gasteiger partial charge in [0.15, 0.2) is 5.96 Å². The number of rotatable bonds is 9. The summed E-state index contributed by atoms with van der Waals surface area (Å²) in [6.07, 6.45) is 1.92. The zero-order valence-electron chi connectivity index (χ0n) is 19.1. The number of anilines is 1. The van der Waals surface area contributed by atoms with Crippen LogP contribution in [0.15, 0.2) is 47.5 Å². The van der Waals surface area contributed by atoms with Crippen molar-refractivity contribution in [1.82, 2.24) is 15.5 Å². The highest BCUT2D eigenvalue weighted by atomic mass is 127. The lowest BCUT2D eigenvalue weighted by Crippen LogP contribution is -2.38. The van der Waals surface area contributed by atoms with Crippen molar-refractivity contribution in [1.29, 1.82) is 0 Å². The minimum absolute atomic E-state index is 0. The number of nitrogens with zero attached hydrogens (tertiary/aromatic N) is 2. The van der Waals surface area contributed by atoms with Crippen molar-refractivity contribution >= 4 is 41.5 Å². The van der Waals surface area contributed by atoms with E-state index in [1.54, 1.807) is 0 Å². The van der Waals surface area contributed by atoms with Crippen LogP contribution in [0.3, 0.4) is 0 Å². The number of guanidine groups is 1. The fourth-order valence-electron chi connectivity index (χ4n) is 3.47. The highest BCUT2D eigenvalue weighted by Gasteiger charge is 2.11. The average Bonchev–Trinajstić information content (AvgIpc) is 3.19. The highest BCUT2D eigenvalue weighted by Crippen LogP contribution is 2.25. The number of ether oxygens (including phenoxy) is 1. The van der Waals surface area contributed by atoms with Crippen LogP contribution < -0.4 is 20.7 Å². The number of likely N-dealkylation sites (N-methyl/N-ethyl adjacent to an activating group) is 1. The van der Waals surface area contributed by atoms with E-state index in [0.29, 0.717) is 13.1 Å². The lowest BCUT2D eigenvalue weighted by molar-refractivity contribution is -0.116. The van der Waals surface area contributed by atoms with Crippen molar-refractivity contribution in [3.63, 3.8) is 0 Å². The zero-order valence-corrected chi connectivity index (χ0v) is 21.4. The summed E-state index contributed by atoms with van der Waals surface area (Å²) in [5.74, 6) is 1.78. The van der Waals surface area contributed by atoms with Crippen LogP contribution in [0.5, 0.6) is 5.75 Å². The fourth-order valence-corrected chi connectivity index (χ4v) is 3.47. The van der Waals surface area contributed by atoms with Gasteiger partial charge in [0, 0.05) is 25.2 Å². The summed E-state index contributed by atoms with van der Waals surface area (Å²) in [5, 5.41) is 9.63. The lowest BCUT2D eigenvalue weighted by Gasteiger charge is -2.12.